The van der Waals surface area contributed by atoms with Crippen LogP contribution < -0.4 is 10.2 Å². The largest absolute Gasteiger partial charge is 0.348 e. The van der Waals surface area contributed by atoms with Crippen LogP contribution in [-0.4, -0.2) is 24.6 Å². The van der Waals surface area contributed by atoms with Gasteiger partial charge in [-0.05, 0) is 37.6 Å². The third kappa shape index (κ3) is 3.17. The van der Waals surface area contributed by atoms with Crippen molar-refractivity contribution in [3.8, 4) is 0 Å². The molecule has 3 nitrogen and oxygen atoms in total. The molecule has 1 aromatic rings. The average Bonchev–Trinajstić information content (AvgIpc) is 2.96. The molecule has 20 heavy (non-hydrogen) atoms. The predicted octanol–water partition coefficient (Wildman–Crippen LogP) is 3.80. The van der Waals surface area contributed by atoms with Gasteiger partial charge in [-0.2, -0.15) is 0 Å². The van der Waals surface area contributed by atoms with Crippen LogP contribution in [0.5, 0.6) is 0 Å². The van der Waals surface area contributed by atoms with Crippen LogP contribution in [-0.2, 0) is 6.54 Å². The normalized spacial score (nSPS) is 22.4. The lowest BCUT2D eigenvalue weighted by molar-refractivity contribution is 0.144. The Morgan fingerprint density at radius 1 is 1.20 bits per heavy atom. The molecule has 0 unspecified atom stereocenters. The molecule has 2 fully saturated rings. The summed E-state index contributed by atoms with van der Waals surface area (Å²) in [6, 6.07) is 0. The van der Waals surface area contributed by atoms with E-state index in [1.165, 1.54) is 68.0 Å². The minimum Gasteiger partial charge on any atom is -0.348 e. The molecule has 1 aliphatic carbocycles. The minimum atomic E-state index is 0.693. The SMILES string of the molecule is CCNCc1cnc(N2CCC3(CCCCC3)CC2)s1. The highest BCUT2D eigenvalue weighted by atomic mass is 32.1. The molecule has 112 valence electrons. The van der Waals surface area contributed by atoms with Gasteiger partial charge >= 0.3 is 0 Å². The molecular weight excluding hydrogens is 266 g/mol. The van der Waals surface area contributed by atoms with E-state index in [1.807, 2.05) is 17.5 Å². The summed E-state index contributed by atoms with van der Waals surface area (Å²) < 4.78 is 0. The lowest BCUT2D eigenvalue weighted by atomic mass is 9.68. The van der Waals surface area contributed by atoms with Gasteiger partial charge in [0.25, 0.3) is 0 Å². The van der Waals surface area contributed by atoms with Crippen molar-refractivity contribution in [2.45, 2.75) is 58.4 Å². The van der Waals surface area contributed by atoms with E-state index in [0.29, 0.717) is 5.41 Å². The topological polar surface area (TPSA) is 28.2 Å². The maximum Gasteiger partial charge on any atom is 0.185 e. The third-order valence-corrected chi connectivity index (χ3v) is 6.16. The second-order valence-corrected chi connectivity index (χ2v) is 7.53. The molecule has 1 spiro atoms. The van der Waals surface area contributed by atoms with E-state index >= 15 is 0 Å². The van der Waals surface area contributed by atoms with Crippen molar-refractivity contribution in [3.63, 3.8) is 0 Å². The van der Waals surface area contributed by atoms with Gasteiger partial charge < -0.3 is 10.2 Å². The van der Waals surface area contributed by atoms with Crippen molar-refractivity contribution in [1.82, 2.24) is 10.3 Å². The summed E-state index contributed by atoms with van der Waals surface area (Å²) in [6.07, 6.45) is 12.2. The molecule has 3 rings (SSSR count). The first-order valence-electron chi connectivity index (χ1n) is 8.22. The quantitative estimate of drug-likeness (QED) is 0.915. The van der Waals surface area contributed by atoms with Crippen molar-refractivity contribution >= 4 is 16.5 Å². The molecule has 1 saturated carbocycles. The molecular formula is C16H27N3S. The molecule has 0 amide bonds. The fraction of sp³-hybridized carbons (Fsp3) is 0.812. The number of hydrogen-bond donors (Lipinski definition) is 1. The van der Waals surface area contributed by atoms with Gasteiger partial charge in [0.2, 0.25) is 0 Å². The Kier molecular flexibility index (Phi) is 4.61. The van der Waals surface area contributed by atoms with E-state index in [4.69, 9.17) is 0 Å². The van der Waals surface area contributed by atoms with Crippen molar-refractivity contribution in [2.75, 3.05) is 24.5 Å². The number of anilines is 1. The van der Waals surface area contributed by atoms with Gasteiger partial charge in [-0.1, -0.05) is 26.2 Å². The summed E-state index contributed by atoms with van der Waals surface area (Å²) in [7, 11) is 0. The summed E-state index contributed by atoms with van der Waals surface area (Å²) in [5, 5.41) is 4.62. The standard InChI is InChI=1S/C16H27N3S/c1-2-17-12-14-13-18-15(20-14)19-10-8-16(9-11-19)6-4-3-5-7-16/h13,17H,2-12H2,1H3. The Balaban J connectivity index is 1.56. The number of hydrogen-bond acceptors (Lipinski definition) is 4. The zero-order valence-corrected chi connectivity index (χ0v) is 13.5. The van der Waals surface area contributed by atoms with Gasteiger partial charge in [-0.15, -0.1) is 11.3 Å². The lowest BCUT2D eigenvalue weighted by Crippen LogP contribution is -2.41. The summed E-state index contributed by atoms with van der Waals surface area (Å²) in [6.45, 7) is 6.57. The monoisotopic (exact) mass is 293 g/mol. The van der Waals surface area contributed by atoms with Gasteiger partial charge in [0.15, 0.2) is 5.13 Å². The molecule has 0 bridgehead atoms. The van der Waals surface area contributed by atoms with Crippen LogP contribution in [0, 0.1) is 5.41 Å². The minimum absolute atomic E-state index is 0.693. The van der Waals surface area contributed by atoms with E-state index in [9.17, 15) is 0 Å². The molecule has 0 radical (unpaired) electrons. The van der Waals surface area contributed by atoms with Crippen molar-refractivity contribution < 1.29 is 0 Å². The molecule has 1 N–H and O–H groups in total. The average molecular weight is 293 g/mol. The zero-order chi connectivity index (χ0) is 13.8. The number of piperidine rings is 1. The molecule has 2 aliphatic rings. The summed E-state index contributed by atoms with van der Waals surface area (Å²) in [4.78, 5) is 8.51. The Labute approximate surface area is 126 Å². The van der Waals surface area contributed by atoms with Gasteiger partial charge in [0.05, 0.1) is 0 Å². The highest BCUT2D eigenvalue weighted by molar-refractivity contribution is 7.15. The fourth-order valence-corrected chi connectivity index (χ4v) is 4.68. The highest BCUT2D eigenvalue weighted by Crippen LogP contribution is 2.45. The molecule has 1 saturated heterocycles. The van der Waals surface area contributed by atoms with Crippen LogP contribution in [0.4, 0.5) is 5.13 Å². The Morgan fingerprint density at radius 2 is 1.95 bits per heavy atom. The van der Waals surface area contributed by atoms with Gasteiger partial charge in [0.1, 0.15) is 0 Å². The van der Waals surface area contributed by atoms with Crippen LogP contribution in [0.3, 0.4) is 0 Å². The Bertz CT molecular complexity index is 413. The lowest BCUT2D eigenvalue weighted by Gasteiger charge is -2.44. The molecule has 1 aliphatic heterocycles. The highest BCUT2D eigenvalue weighted by Gasteiger charge is 2.35. The molecule has 0 atom stereocenters. The molecule has 0 aromatic carbocycles. The smallest absolute Gasteiger partial charge is 0.185 e. The van der Waals surface area contributed by atoms with Gasteiger partial charge in [-0.3, -0.25) is 0 Å². The maximum atomic E-state index is 4.63. The van der Waals surface area contributed by atoms with E-state index in [-0.39, 0.29) is 0 Å². The Hall–Kier alpha value is -0.610. The first-order valence-corrected chi connectivity index (χ1v) is 9.03. The number of nitrogens with one attached hydrogen (secondary N) is 1. The Morgan fingerprint density at radius 3 is 2.65 bits per heavy atom. The van der Waals surface area contributed by atoms with Crippen molar-refractivity contribution in [2.24, 2.45) is 5.41 Å². The third-order valence-electron chi connectivity index (χ3n) is 5.10. The summed E-state index contributed by atoms with van der Waals surface area (Å²) in [5.41, 5.74) is 0.693. The number of nitrogens with zero attached hydrogens (tertiary/aromatic N) is 2. The van der Waals surface area contributed by atoms with Gasteiger partial charge in [-0.25, -0.2) is 4.98 Å². The fourth-order valence-electron chi connectivity index (χ4n) is 3.75. The predicted molar refractivity (Wildman–Crippen MR) is 86.5 cm³/mol. The maximum absolute atomic E-state index is 4.63. The van der Waals surface area contributed by atoms with E-state index < -0.39 is 0 Å². The number of aromatic nitrogens is 1. The van der Waals surface area contributed by atoms with Crippen LogP contribution in [0.2, 0.25) is 0 Å². The van der Waals surface area contributed by atoms with Crippen molar-refractivity contribution in [1.29, 1.82) is 0 Å². The summed E-state index contributed by atoms with van der Waals surface area (Å²) in [5.74, 6) is 0. The summed E-state index contributed by atoms with van der Waals surface area (Å²) >= 11 is 1.87. The van der Waals surface area contributed by atoms with E-state index in [0.717, 1.165) is 13.1 Å². The zero-order valence-electron chi connectivity index (χ0n) is 12.7. The number of rotatable bonds is 4. The first-order chi connectivity index (χ1) is 9.81. The molecule has 1 aromatic heterocycles. The molecule has 2 heterocycles. The second kappa shape index (κ2) is 6.44. The van der Waals surface area contributed by atoms with Crippen LogP contribution in [0.25, 0.3) is 0 Å². The van der Waals surface area contributed by atoms with Crippen LogP contribution in [0.15, 0.2) is 6.20 Å². The van der Waals surface area contributed by atoms with Crippen LogP contribution >= 0.6 is 11.3 Å². The molecule has 4 heteroatoms. The van der Waals surface area contributed by atoms with E-state index in [1.54, 1.807) is 0 Å². The van der Waals surface area contributed by atoms with E-state index in [2.05, 4.69) is 22.1 Å². The van der Waals surface area contributed by atoms with Crippen molar-refractivity contribution in [3.05, 3.63) is 11.1 Å². The van der Waals surface area contributed by atoms with Crippen LogP contribution in [0.1, 0.15) is 56.7 Å². The second-order valence-electron chi connectivity index (χ2n) is 6.44. The van der Waals surface area contributed by atoms with Gasteiger partial charge in [0, 0.05) is 30.7 Å². The first kappa shape index (κ1) is 14.3. The number of thiazole rings is 1.